The molecule has 0 radical (unpaired) electrons. The third-order valence-electron chi connectivity index (χ3n) is 4.48. The normalized spacial score (nSPS) is 14.0. The maximum Gasteiger partial charge on any atom is 0.262 e. The number of nitrogens with zero attached hydrogens (tertiary/aromatic N) is 2. The van der Waals surface area contributed by atoms with Crippen LogP contribution in [0.3, 0.4) is 0 Å². The third kappa shape index (κ3) is 3.87. The Balaban J connectivity index is 1.81. The van der Waals surface area contributed by atoms with Crippen molar-refractivity contribution in [1.29, 1.82) is 0 Å². The zero-order valence-electron chi connectivity index (χ0n) is 16.2. The zero-order valence-corrected chi connectivity index (χ0v) is 17.0. The molecule has 1 N–H and O–H groups in total. The topological polar surface area (TPSA) is 55.6 Å². The van der Waals surface area contributed by atoms with Crippen molar-refractivity contribution in [2.45, 2.75) is 27.3 Å². The van der Waals surface area contributed by atoms with Crippen molar-refractivity contribution < 1.29 is 9.53 Å². The number of thiazole rings is 1. The molecule has 0 fully saturated rings. The van der Waals surface area contributed by atoms with Crippen LogP contribution in [0.25, 0.3) is 11.3 Å². The molecular formula is C22H23N3O2S. The number of anilines is 1. The SMILES string of the molecule is Cc1cccc(N=c2scc(-c3ccc4c(c3)NC(=O)CO4)n2CC(C)C)c1. The van der Waals surface area contributed by atoms with E-state index in [2.05, 4.69) is 48.2 Å². The quantitative estimate of drug-likeness (QED) is 0.696. The molecule has 2 aromatic carbocycles. The van der Waals surface area contributed by atoms with Crippen LogP contribution >= 0.6 is 11.3 Å². The molecule has 2 heterocycles. The van der Waals surface area contributed by atoms with Crippen LogP contribution in [0.4, 0.5) is 11.4 Å². The van der Waals surface area contributed by atoms with E-state index in [0.29, 0.717) is 17.4 Å². The van der Waals surface area contributed by atoms with Gasteiger partial charge in [-0.25, -0.2) is 4.99 Å². The van der Waals surface area contributed by atoms with Gasteiger partial charge in [0.2, 0.25) is 0 Å². The second kappa shape index (κ2) is 7.64. The number of aryl methyl sites for hydroxylation is 1. The molecule has 3 aromatic rings. The highest BCUT2D eigenvalue weighted by molar-refractivity contribution is 7.07. The summed E-state index contributed by atoms with van der Waals surface area (Å²) in [7, 11) is 0. The van der Waals surface area contributed by atoms with E-state index in [9.17, 15) is 4.79 Å². The second-order valence-electron chi connectivity index (χ2n) is 7.41. The number of benzene rings is 2. The maximum atomic E-state index is 11.7. The maximum absolute atomic E-state index is 11.7. The molecule has 0 unspecified atom stereocenters. The Morgan fingerprint density at radius 2 is 2.11 bits per heavy atom. The first-order valence-corrected chi connectivity index (χ1v) is 10.2. The van der Waals surface area contributed by atoms with Gasteiger partial charge in [-0.3, -0.25) is 4.79 Å². The van der Waals surface area contributed by atoms with Gasteiger partial charge in [0.05, 0.1) is 17.1 Å². The Morgan fingerprint density at radius 3 is 2.89 bits per heavy atom. The van der Waals surface area contributed by atoms with Crippen molar-refractivity contribution in [2.24, 2.45) is 10.9 Å². The molecule has 0 bridgehead atoms. The standard InChI is InChI=1S/C22H23N3O2S/c1-14(2)11-25-19(13-28-22(25)23-17-6-4-5-15(3)9-17)16-7-8-20-18(10-16)24-21(26)12-27-20/h4-10,13-14H,11-12H2,1-3H3,(H,24,26). The first-order valence-electron chi connectivity index (χ1n) is 9.36. The van der Waals surface area contributed by atoms with Crippen LogP contribution in [0.2, 0.25) is 0 Å². The number of nitrogens with one attached hydrogen (secondary N) is 1. The number of aromatic nitrogens is 1. The van der Waals surface area contributed by atoms with Crippen LogP contribution < -0.4 is 14.9 Å². The van der Waals surface area contributed by atoms with Crippen LogP contribution in [-0.4, -0.2) is 17.1 Å². The van der Waals surface area contributed by atoms with Crippen LogP contribution in [0.5, 0.6) is 5.75 Å². The minimum absolute atomic E-state index is 0.0671. The smallest absolute Gasteiger partial charge is 0.262 e. The Morgan fingerprint density at radius 1 is 1.25 bits per heavy atom. The van der Waals surface area contributed by atoms with E-state index in [4.69, 9.17) is 9.73 Å². The fraction of sp³-hybridized carbons (Fsp3) is 0.273. The van der Waals surface area contributed by atoms with Crippen LogP contribution in [0, 0.1) is 12.8 Å². The fourth-order valence-electron chi connectivity index (χ4n) is 3.24. The van der Waals surface area contributed by atoms with Crippen molar-refractivity contribution in [3.63, 3.8) is 0 Å². The van der Waals surface area contributed by atoms with E-state index in [1.807, 2.05) is 30.3 Å². The first-order chi connectivity index (χ1) is 13.5. The molecule has 0 saturated heterocycles. The Kier molecular flexibility index (Phi) is 5.05. The molecule has 28 heavy (non-hydrogen) atoms. The number of hydrogen-bond donors (Lipinski definition) is 1. The molecule has 6 heteroatoms. The van der Waals surface area contributed by atoms with Gasteiger partial charge in [0.1, 0.15) is 5.75 Å². The number of carbonyl (C=O) groups excluding carboxylic acids is 1. The van der Waals surface area contributed by atoms with E-state index in [1.165, 1.54) is 5.56 Å². The summed E-state index contributed by atoms with van der Waals surface area (Å²) < 4.78 is 7.74. The van der Waals surface area contributed by atoms with Gasteiger partial charge in [-0.05, 0) is 48.7 Å². The van der Waals surface area contributed by atoms with Crippen molar-refractivity contribution >= 4 is 28.6 Å². The Bertz CT molecular complexity index is 1100. The first kappa shape index (κ1) is 18.5. The van der Waals surface area contributed by atoms with Crippen molar-refractivity contribution in [3.8, 4) is 17.0 Å². The number of hydrogen-bond acceptors (Lipinski definition) is 4. The minimum atomic E-state index is -0.125. The summed E-state index contributed by atoms with van der Waals surface area (Å²) in [5, 5.41) is 5.02. The molecule has 0 spiro atoms. The highest BCUT2D eigenvalue weighted by Gasteiger charge is 2.18. The molecule has 1 aliphatic heterocycles. The predicted octanol–water partition coefficient (Wildman–Crippen LogP) is 4.74. The summed E-state index contributed by atoms with van der Waals surface area (Å²) in [6.07, 6.45) is 0. The Labute approximate surface area is 168 Å². The monoisotopic (exact) mass is 393 g/mol. The average Bonchev–Trinajstić information content (AvgIpc) is 3.03. The molecular weight excluding hydrogens is 370 g/mol. The molecule has 0 atom stereocenters. The van der Waals surface area contributed by atoms with Crippen LogP contribution in [0.1, 0.15) is 19.4 Å². The highest BCUT2D eigenvalue weighted by Crippen LogP contribution is 2.33. The van der Waals surface area contributed by atoms with Gasteiger partial charge in [-0.15, -0.1) is 11.3 Å². The van der Waals surface area contributed by atoms with Crippen molar-refractivity contribution in [3.05, 3.63) is 58.2 Å². The van der Waals surface area contributed by atoms with Gasteiger partial charge in [0, 0.05) is 17.5 Å². The summed E-state index contributed by atoms with van der Waals surface area (Å²) in [4.78, 5) is 17.5. The molecule has 4 rings (SSSR count). The van der Waals surface area contributed by atoms with Gasteiger partial charge in [-0.1, -0.05) is 26.0 Å². The second-order valence-corrected chi connectivity index (χ2v) is 8.24. The summed E-state index contributed by atoms with van der Waals surface area (Å²) >= 11 is 1.63. The van der Waals surface area contributed by atoms with E-state index in [0.717, 1.165) is 28.3 Å². The number of rotatable bonds is 4. The number of carbonyl (C=O) groups is 1. The van der Waals surface area contributed by atoms with Gasteiger partial charge in [-0.2, -0.15) is 0 Å². The molecule has 1 amide bonds. The fourth-order valence-corrected chi connectivity index (χ4v) is 4.18. The lowest BCUT2D eigenvalue weighted by Crippen LogP contribution is -2.25. The number of ether oxygens (including phenoxy) is 1. The molecule has 1 aliphatic rings. The van der Waals surface area contributed by atoms with E-state index >= 15 is 0 Å². The lowest BCUT2D eigenvalue weighted by molar-refractivity contribution is -0.118. The lowest BCUT2D eigenvalue weighted by atomic mass is 10.1. The third-order valence-corrected chi connectivity index (χ3v) is 5.34. The molecule has 0 aliphatic carbocycles. The molecule has 5 nitrogen and oxygen atoms in total. The van der Waals surface area contributed by atoms with Crippen LogP contribution in [0.15, 0.2) is 52.8 Å². The summed E-state index contributed by atoms with van der Waals surface area (Å²) in [5.74, 6) is 1.06. The predicted molar refractivity (Wildman–Crippen MR) is 113 cm³/mol. The van der Waals surface area contributed by atoms with Gasteiger partial charge >= 0.3 is 0 Å². The summed E-state index contributed by atoms with van der Waals surface area (Å²) in [6.45, 7) is 7.41. The summed E-state index contributed by atoms with van der Waals surface area (Å²) in [5.41, 5.74) is 4.99. The molecule has 1 aromatic heterocycles. The lowest BCUT2D eigenvalue weighted by Gasteiger charge is -2.19. The van der Waals surface area contributed by atoms with Gasteiger partial charge in [0.25, 0.3) is 5.91 Å². The molecule has 144 valence electrons. The minimum Gasteiger partial charge on any atom is -0.482 e. The van der Waals surface area contributed by atoms with E-state index in [-0.39, 0.29) is 12.5 Å². The number of amides is 1. The van der Waals surface area contributed by atoms with Crippen molar-refractivity contribution in [2.75, 3.05) is 11.9 Å². The van der Waals surface area contributed by atoms with E-state index < -0.39 is 0 Å². The Hall–Kier alpha value is -2.86. The van der Waals surface area contributed by atoms with Crippen LogP contribution in [-0.2, 0) is 11.3 Å². The zero-order chi connectivity index (χ0) is 19.7. The highest BCUT2D eigenvalue weighted by atomic mass is 32.1. The molecule has 0 saturated carbocycles. The van der Waals surface area contributed by atoms with Gasteiger partial charge < -0.3 is 14.6 Å². The van der Waals surface area contributed by atoms with Crippen molar-refractivity contribution in [1.82, 2.24) is 4.57 Å². The van der Waals surface area contributed by atoms with E-state index in [1.54, 1.807) is 11.3 Å². The van der Waals surface area contributed by atoms with Gasteiger partial charge in [0.15, 0.2) is 11.4 Å². The largest absolute Gasteiger partial charge is 0.482 e. The average molecular weight is 394 g/mol. The summed E-state index contributed by atoms with van der Waals surface area (Å²) in [6, 6.07) is 14.1. The number of fused-ring (bicyclic) bond motifs is 1.